The van der Waals surface area contributed by atoms with E-state index in [0.29, 0.717) is 29.2 Å². The molecule has 9 heteroatoms. The highest BCUT2D eigenvalue weighted by atomic mass is 19.1. The first-order chi connectivity index (χ1) is 14.0. The molecule has 1 saturated carbocycles. The first kappa shape index (κ1) is 18.0. The largest absolute Gasteiger partial charge is 0.354 e. The van der Waals surface area contributed by atoms with Crippen molar-refractivity contribution < 1.29 is 9.18 Å². The Balaban J connectivity index is 1.32. The van der Waals surface area contributed by atoms with Crippen LogP contribution in [-0.2, 0) is 0 Å². The molecule has 29 heavy (non-hydrogen) atoms. The van der Waals surface area contributed by atoms with Crippen molar-refractivity contribution in [1.82, 2.24) is 30.6 Å². The average molecular weight is 395 g/mol. The molecule has 0 radical (unpaired) electrons. The SMILES string of the molecule is Cc1cc(F)ccc1C(=O)NC[C@]12CCC[C@H]1CN(c1ccc3nnnn3n1)C2. The highest BCUT2D eigenvalue weighted by Gasteiger charge is 2.49. The van der Waals surface area contributed by atoms with Crippen molar-refractivity contribution in [1.29, 1.82) is 0 Å². The van der Waals surface area contributed by atoms with E-state index in [0.717, 1.165) is 31.7 Å². The van der Waals surface area contributed by atoms with Gasteiger partial charge < -0.3 is 10.2 Å². The van der Waals surface area contributed by atoms with Crippen molar-refractivity contribution in [2.75, 3.05) is 24.5 Å². The van der Waals surface area contributed by atoms with Gasteiger partial charge in [-0.1, -0.05) is 6.42 Å². The van der Waals surface area contributed by atoms with Gasteiger partial charge in [-0.05, 0) is 72.0 Å². The van der Waals surface area contributed by atoms with Gasteiger partial charge in [0, 0.05) is 30.6 Å². The van der Waals surface area contributed by atoms with Crippen LogP contribution in [-0.4, -0.2) is 50.8 Å². The molecule has 150 valence electrons. The second kappa shape index (κ2) is 6.75. The molecule has 1 aliphatic carbocycles. The van der Waals surface area contributed by atoms with E-state index < -0.39 is 0 Å². The topological polar surface area (TPSA) is 88.3 Å². The molecule has 8 nitrogen and oxygen atoms in total. The molecule has 2 aliphatic rings. The molecule has 1 aromatic carbocycles. The first-order valence-corrected chi connectivity index (χ1v) is 9.89. The number of rotatable bonds is 4. The van der Waals surface area contributed by atoms with Crippen molar-refractivity contribution in [3.05, 3.63) is 47.3 Å². The van der Waals surface area contributed by atoms with Crippen LogP contribution < -0.4 is 10.2 Å². The quantitative estimate of drug-likeness (QED) is 0.727. The fourth-order valence-corrected chi connectivity index (χ4v) is 4.92. The fraction of sp³-hybridized carbons (Fsp3) is 0.450. The van der Waals surface area contributed by atoms with E-state index in [1.807, 2.05) is 12.1 Å². The van der Waals surface area contributed by atoms with Crippen LogP contribution in [0.5, 0.6) is 0 Å². The van der Waals surface area contributed by atoms with Crippen LogP contribution in [0.25, 0.3) is 5.65 Å². The van der Waals surface area contributed by atoms with Gasteiger partial charge in [-0.3, -0.25) is 4.79 Å². The summed E-state index contributed by atoms with van der Waals surface area (Å²) in [4.78, 5) is 15.0. The standard InChI is InChI=1S/C20H22FN7O/c1-13-9-15(21)4-5-16(13)19(29)22-11-20-8-2-3-14(20)10-27(12-20)18-7-6-17-23-25-26-28(17)24-18/h4-7,9,14H,2-3,8,10-12H2,1H3,(H,22,29)/t14-,20-/m0/s1. The average Bonchev–Trinajstić information content (AvgIpc) is 3.39. The van der Waals surface area contributed by atoms with Crippen molar-refractivity contribution in [3.63, 3.8) is 0 Å². The number of nitrogens with zero attached hydrogens (tertiary/aromatic N) is 6. The number of nitrogens with one attached hydrogen (secondary N) is 1. The van der Waals surface area contributed by atoms with Crippen LogP contribution in [0.15, 0.2) is 30.3 Å². The van der Waals surface area contributed by atoms with Crippen LogP contribution in [0.4, 0.5) is 10.2 Å². The molecule has 0 spiro atoms. The van der Waals surface area contributed by atoms with Crippen molar-refractivity contribution in [2.45, 2.75) is 26.2 Å². The van der Waals surface area contributed by atoms with Gasteiger partial charge in [-0.15, -0.1) is 14.8 Å². The molecule has 3 heterocycles. The molecule has 0 unspecified atom stereocenters. The summed E-state index contributed by atoms with van der Waals surface area (Å²) in [5.41, 5.74) is 1.82. The van der Waals surface area contributed by atoms with Crippen LogP contribution in [0.2, 0.25) is 0 Å². The van der Waals surface area contributed by atoms with Gasteiger partial charge in [0.2, 0.25) is 0 Å². The number of anilines is 1. The van der Waals surface area contributed by atoms with E-state index in [4.69, 9.17) is 0 Å². The van der Waals surface area contributed by atoms with Crippen LogP contribution >= 0.6 is 0 Å². The summed E-state index contributed by atoms with van der Waals surface area (Å²) in [5.74, 6) is 0.879. The lowest BCUT2D eigenvalue weighted by Crippen LogP contribution is -2.41. The van der Waals surface area contributed by atoms with E-state index in [1.54, 1.807) is 13.0 Å². The van der Waals surface area contributed by atoms with Crippen LogP contribution in [0.1, 0.15) is 35.2 Å². The number of hydrogen-bond acceptors (Lipinski definition) is 6. The lowest BCUT2D eigenvalue weighted by Gasteiger charge is -2.29. The predicted molar refractivity (Wildman–Crippen MR) is 104 cm³/mol. The van der Waals surface area contributed by atoms with Crippen molar-refractivity contribution >= 4 is 17.4 Å². The third-order valence-corrected chi connectivity index (χ3v) is 6.45. The third-order valence-electron chi connectivity index (χ3n) is 6.45. The summed E-state index contributed by atoms with van der Waals surface area (Å²) in [6.07, 6.45) is 3.39. The smallest absolute Gasteiger partial charge is 0.251 e. The Kier molecular flexibility index (Phi) is 4.18. The summed E-state index contributed by atoms with van der Waals surface area (Å²) in [6.45, 7) is 4.11. The monoisotopic (exact) mass is 395 g/mol. The van der Waals surface area contributed by atoms with Gasteiger partial charge in [0.05, 0.1) is 0 Å². The first-order valence-electron chi connectivity index (χ1n) is 9.89. The number of benzene rings is 1. The molecular formula is C20H22FN7O. The lowest BCUT2D eigenvalue weighted by atomic mass is 9.80. The summed E-state index contributed by atoms with van der Waals surface area (Å²) in [6, 6.07) is 8.08. The minimum atomic E-state index is -0.327. The van der Waals surface area contributed by atoms with Gasteiger partial charge in [0.15, 0.2) is 11.5 Å². The molecule has 1 saturated heterocycles. The molecular weight excluding hydrogens is 373 g/mol. The Labute approximate surface area is 167 Å². The molecule has 5 rings (SSSR count). The molecule has 3 aromatic rings. The maximum absolute atomic E-state index is 13.3. The number of amides is 1. The molecule has 1 aliphatic heterocycles. The normalized spacial score (nSPS) is 23.5. The van der Waals surface area contributed by atoms with Crippen molar-refractivity contribution in [2.24, 2.45) is 11.3 Å². The van der Waals surface area contributed by atoms with E-state index >= 15 is 0 Å². The number of hydrogen-bond donors (Lipinski definition) is 1. The molecule has 1 amide bonds. The molecule has 2 atom stereocenters. The van der Waals surface area contributed by atoms with E-state index in [1.165, 1.54) is 23.2 Å². The zero-order chi connectivity index (χ0) is 20.0. The number of aryl methyl sites for hydroxylation is 1. The third kappa shape index (κ3) is 3.10. The summed E-state index contributed by atoms with van der Waals surface area (Å²) in [7, 11) is 0. The minimum absolute atomic E-state index is 0.0286. The minimum Gasteiger partial charge on any atom is -0.354 e. The fourth-order valence-electron chi connectivity index (χ4n) is 4.92. The van der Waals surface area contributed by atoms with Crippen LogP contribution in [0.3, 0.4) is 0 Å². The van der Waals surface area contributed by atoms with Gasteiger partial charge in [0.25, 0.3) is 5.91 Å². The number of tetrazole rings is 1. The number of carbonyl (C=O) groups is 1. The Bertz CT molecular complexity index is 1080. The van der Waals surface area contributed by atoms with Gasteiger partial charge in [0.1, 0.15) is 5.82 Å². The van der Waals surface area contributed by atoms with E-state index in [2.05, 4.69) is 30.8 Å². The summed E-state index contributed by atoms with van der Waals surface area (Å²) >= 11 is 0. The second-order valence-electron chi connectivity index (χ2n) is 8.19. The molecule has 2 aromatic heterocycles. The van der Waals surface area contributed by atoms with E-state index in [-0.39, 0.29) is 17.1 Å². The maximum Gasteiger partial charge on any atom is 0.251 e. The lowest BCUT2D eigenvalue weighted by molar-refractivity contribution is 0.0926. The Morgan fingerprint density at radius 2 is 2.24 bits per heavy atom. The van der Waals surface area contributed by atoms with Gasteiger partial charge in [-0.25, -0.2) is 4.39 Å². The Hall–Kier alpha value is -3.10. The second-order valence-corrected chi connectivity index (χ2v) is 8.19. The Morgan fingerprint density at radius 1 is 1.34 bits per heavy atom. The van der Waals surface area contributed by atoms with E-state index in [9.17, 15) is 9.18 Å². The predicted octanol–water partition coefficient (Wildman–Crippen LogP) is 2.00. The molecule has 1 N–H and O–H groups in total. The number of carbonyl (C=O) groups excluding carboxylic acids is 1. The number of halogens is 1. The number of fused-ring (bicyclic) bond motifs is 2. The zero-order valence-corrected chi connectivity index (χ0v) is 16.2. The zero-order valence-electron chi connectivity index (χ0n) is 16.2. The molecule has 2 fully saturated rings. The maximum atomic E-state index is 13.3. The highest BCUT2D eigenvalue weighted by molar-refractivity contribution is 5.95. The van der Waals surface area contributed by atoms with Gasteiger partial charge in [-0.2, -0.15) is 0 Å². The van der Waals surface area contributed by atoms with Gasteiger partial charge >= 0.3 is 0 Å². The number of aromatic nitrogens is 5. The molecule has 0 bridgehead atoms. The Morgan fingerprint density at radius 3 is 3.10 bits per heavy atom. The highest BCUT2D eigenvalue weighted by Crippen LogP contribution is 2.49. The summed E-state index contributed by atoms with van der Waals surface area (Å²) < 4.78 is 14.8. The van der Waals surface area contributed by atoms with Crippen molar-refractivity contribution in [3.8, 4) is 0 Å². The van der Waals surface area contributed by atoms with Crippen LogP contribution in [0, 0.1) is 24.1 Å². The summed E-state index contributed by atoms with van der Waals surface area (Å²) in [5, 5.41) is 19.1.